The second-order valence-corrected chi connectivity index (χ2v) is 6.19. The van der Waals surface area contributed by atoms with E-state index in [-0.39, 0.29) is 5.54 Å². The molecule has 1 saturated heterocycles. The van der Waals surface area contributed by atoms with Crippen LogP contribution in [0.15, 0.2) is 0 Å². The van der Waals surface area contributed by atoms with Crippen LogP contribution in [0.5, 0.6) is 0 Å². The molecule has 0 saturated carbocycles. The molecule has 0 aromatic heterocycles. The van der Waals surface area contributed by atoms with Crippen molar-refractivity contribution >= 4 is 0 Å². The van der Waals surface area contributed by atoms with Crippen molar-refractivity contribution in [1.82, 2.24) is 10.2 Å². The van der Waals surface area contributed by atoms with Crippen LogP contribution in [0, 0.1) is 17.2 Å². The lowest BCUT2D eigenvalue weighted by molar-refractivity contribution is 0.166. The van der Waals surface area contributed by atoms with Crippen LogP contribution in [0.3, 0.4) is 0 Å². The van der Waals surface area contributed by atoms with Gasteiger partial charge in [0, 0.05) is 6.54 Å². The van der Waals surface area contributed by atoms with Gasteiger partial charge in [-0.3, -0.25) is 5.32 Å². The first-order valence-electron chi connectivity index (χ1n) is 8.02. The highest BCUT2D eigenvalue weighted by molar-refractivity contribution is 5.03. The van der Waals surface area contributed by atoms with Crippen molar-refractivity contribution in [2.45, 2.75) is 64.8 Å². The third-order valence-corrected chi connectivity index (χ3v) is 4.34. The maximum atomic E-state index is 9.30. The van der Waals surface area contributed by atoms with Gasteiger partial charge in [-0.2, -0.15) is 5.26 Å². The molecule has 1 aliphatic heterocycles. The summed E-state index contributed by atoms with van der Waals surface area (Å²) >= 11 is 0. The molecule has 0 amide bonds. The summed E-state index contributed by atoms with van der Waals surface area (Å²) in [6, 6.07) is 2.44. The zero-order valence-electron chi connectivity index (χ0n) is 13.0. The number of piperidine rings is 1. The van der Waals surface area contributed by atoms with Gasteiger partial charge in [0.15, 0.2) is 0 Å². The van der Waals surface area contributed by atoms with Crippen molar-refractivity contribution in [3.8, 4) is 6.07 Å². The normalized spacial score (nSPS) is 23.8. The number of hydrogen-bond acceptors (Lipinski definition) is 3. The highest BCUT2D eigenvalue weighted by Crippen LogP contribution is 2.20. The van der Waals surface area contributed by atoms with Gasteiger partial charge in [-0.05, 0) is 64.6 Å². The summed E-state index contributed by atoms with van der Waals surface area (Å²) in [6.07, 6.45) is 7.23. The van der Waals surface area contributed by atoms with Crippen LogP contribution in [0.1, 0.15) is 59.3 Å². The molecule has 1 fully saturated rings. The predicted octanol–water partition coefficient (Wildman–Crippen LogP) is 3.17. The molecular weight excluding hydrogens is 234 g/mol. The number of likely N-dealkylation sites (tertiary alicyclic amines) is 1. The van der Waals surface area contributed by atoms with Crippen molar-refractivity contribution in [2.24, 2.45) is 5.92 Å². The molecule has 19 heavy (non-hydrogen) atoms. The quantitative estimate of drug-likeness (QED) is 0.732. The minimum atomic E-state index is -0.337. The fourth-order valence-electron chi connectivity index (χ4n) is 2.93. The Labute approximate surface area is 119 Å². The Morgan fingerprint density at radius 3 is 2.84 bits per heavy atom. The Balaban J connectivity index is 2.26. The zero-order valence-corrected chi connectivity index (χ0v) is 13.0. The van der Waals surface area contributed by atoms with Gasteiger partial charge in [-0.25, -0.2) is 0 Å². The lowest BCUT2D eigenvalue weighted by Crippen LogP contribution is -2.42. The van der Waals surface area contributed by atoms with Crippen LogP contribution in [0.25, 0.3) is 0 Å². The highest BCUT2D eigenvalue weighted by atomic mass is 15.1. The Morgan fingerprint density at radius 1 is 1.42 bits per heavy atom. The summed E-state index contributed by atoms with van der Waals surface area (Å²) in [5, 5.41) is 12.7. The summed E-state index contributed by atoms with van der Waals surface area (Å²) < 4.78 is 0. The Hall–Kier alpha value is -0.590. The van der Waals surface area contributed by atoms with Gasteiger partial charge in [0.05, 0.1) is 6.07 Å². The summed E-state index contributed by atoms with van der Waals surface area (Å²) in [7, 11) is 0. The Bertz CT molecular complexity index is 284. The third-order valence-electron chi connectivity index (χ3n) is 4.34. The van der Waals surface area contributed by atoms with Gasteiger partial charge >= 0.3 is 0 Å². The maximum absolute atomic E-state index is 9.30. The Morgan fingerprint density at radius 2 is 2.21 bits per heavy atom. The molecular formula is C16H31N3. The average molecular weight is 265 g/mol. The van der Waals surface area contributed by atoms with Gasteiger partial charge in [0.25, 0.3) is 0 Å². The van der Waals surface area contributed by atoms with E-state index in [1.807, 2.05) is 6.92 Å². The van der Waals surface area contributed by atoms with Gasteiger partial charge < -0.3 is 4.90 Å². The molecule has 1 N–H and O–H groups in total. The van der Waals surface area contributed by atoms with E-state index in [1.165, 1.54) is 32.4 Å². The number of rotatable bonds is 8. The van der Waals surface area contributed by atoms with Crippen LogP contribution in [-0.2, 0) is 0 Å². The molecule has 0 aromatic carbocycles. The van der Waals surface area contributed by atoms with Crippen molar-refractivity contribution < 1.29 is 0 Å². The van der Waals surface area contributed by atoms with Gasteiger partial charge in [0.1, 0.15) is 5.54 Å². The Kier molecular flexibility index (Phi) is 7.41. The standard InChI is InChI=1S/C16H31N3/c1-4-10-18-16(3,14-17)9-7-12-19-11-6-8-15(5-2)13-19/h15,18H,4-13H2,1-3H3. The molecule has 2 atom stereocenters. The number of nitriles is 1. The molecule has 0 bridgehead atoms. The molecule has 0 spiro atoms. The van der Waals surface area contributed by atoms with Crippen LogP contribution < -0.4 is 5.32 Å². The van der Waals surface area contributed by atoms with Crippen LogP contribution in [0.2, 0.25) is 0 Å². The first-order chi connectivity index (χ1) is 9.13. The topological polar surface area (TPSA) is 39.1 Å². The molecule has 3 heteroatoms. The largest absolute Gasteiger partial charge is 0.303 e. The van der Waals surface area contributed by atoms with E-state index in [0.717, 1.165) is 38.3 Å². The highest BCUT2D eigenvalue weighted by Gasteiger charge is 2.23. The van der Waals surface area contributed by atoms with E-state index < -0.39 is 0 Å². The van der Waals surface area contributed by atoms with Gasteiger partial charge in [0.2, 0.25) is 0 Å². The van der Waals surface area contributed by atoms with Crippen molar-refractivity contribution in [3.05, 3.63) is 0 Å². The van der Waals surface area contributed by atoms with E-state index in [2.05, 4.69) is 30.1 Å². The molecule has 1 aliphatic rings. The minimum absolute atomic E-state index is 0.337. The molecule has 3 nitrogen and oxygen atoms in total. The van der Waals surface area contributed by atoms with E-state index in [0.29, 0.717) is 0 Å². The van der Waals surface area contributed by atoms with E-state index >= 15 is 0 Å². The lowest BCUT2D eigenvalue weighted by atomic mass is 9.94. The van der Waals surface area contributed by atoms with Crippen LogP contribution in [0.4, 0.5) is 0 Å². The summed E-state index contributed by atoms with van der Waals surface area (Å²) in [6.45, 7) is 11.1. The second-order valence-electron chi connectivity index (χ2n) is 6.19. The lowest BCUT2D eigenvalue weighted by Gasteiger charge is -2.33. The second kappa shape index (κ2) is 8.55. The van der Waals surface area contributed by atoms with Crippen molar-refractivity contribution in [3.63, 3.8) is 0 Å². The summed E-state index contributed by atoms with van der Waals surface area (Å²) in [5.41, 5.74) is -0.337. The third kappa shape index (κ3) is 5.93. The molecule has 0 aromatic rings. The molecule has 0 radical (unpaired) electrons. The fraction of sp³-hybridized carbons (Fsp3) is 0.938. The van der Waals surface area contributed by atoms with E-state index in [1.54, 1.807) is 0 Å². The maximum Gasteiger partial charge on any atom is 0.103 e. The van der Waals surface area contributed by atoms with Gasteiger partial charge in [-0.1, -0.05) is 20.3 Å². The van der Waals surface area contributed by atoms with Crippen LogP contribution in [-0.4, -0.2) is 36.6 Å². The minimum Gasteiger partial charge on any atom is -0.303 e. The average Bonchev–Trinajstić information content (AvgIpc) is 2.45. The molecule has 1 rings (SSSR count). The zero-order chi connectivity index (χ0) is 14.1. The molecule has 1 heterocycles. The molecule has 110 valence electrons. The van der Waals surface area contributed by atoms with Gasteiger partial charge in [-0.15, -0.1) is 0 Å². The predicted molar refractivity (Wildman–Crippen MR) is 81.0 cm³/mol. The summed E-state index contributed by atoms with van der Waals surface area (Å²) in [4.78, 5) is 2.59. The number of nitrogens with zero attached hydrogens (tertiary/aromatic N) is 2. The molecule has 2 unspecified atom stereocenters. The first-order valence-corrected chi connectivity index (χ1v) is 8.02. The van der Waals surface area contributed by atoms with Crippen LogP contribution >= 0.6 is 0 Å². The summed E-state index contributed by atoms with van der Waals surface area (Å²) in [5.74, 6) is 0.898. The van der Waals surface area contributed by atoms with E-state index in [4.69, 9.17) is 0 Å². The van der Waals surface area contributed by atoms with Crippen molar-refractivity contribution in [1.29, 1.82) is 5.26 Å². The SMILES string of the molecule is CCCNC(C)(C#N)CCCN1CCCC(CC)C1. The van der Waals surface area contributed by atoms with Crippen molar-refractivity contribution in [2.75, 3.05) is 26.2 Å². The smallest absolute Gasteiger partial charge is 0.103 e. The monoisotopic (exact) mass is 265 g/mol. The van der Waals surface area contributed by atoms with E-state index in [9.17, 15) is 5.26 Å². The first kappa shape index (κ1) is 16.5. The number of hydrogen-bond donors (Lipinski definition) is 1. The molecule has 0 aliphatic carbocycles. The number of nitrogens with one attached hydrogen (secondary N) is 1. The fourth-order valence-corrected chi connectivity index (χ4v) is 2.93.